The lowest BCUT2D eigenvalue weighted by molar-refractivity contribution is 0.331. The van der Waals surface area contributed by atoms with Crippen LogP contribution in [0.15, 0.2) is 103 Å². The van der Waals surface area contributed by atoms with Crippen LogP contribution >= 0.6 is 0 Å². The molecular weight excluding hydrogens is 542 g/mol. The van der Waals surface area contributed by atoms with Gasteiger partial charge in [0.2, 0.25) is 0 Å². The van der Waals surface area contributed by atoms with E-state index >= 15 is 0 Å². The highest BCUT2D eigenvalue weighted by Crippen LogP contribution is 2.56. The molecule has 0 unspecified atom stereocenters. The Morgan fingerprint density at radius 1 is 0.444 bits per heavy atom. The zero-order valence-corrected chi connectivity index (χ0v) is 28.6. The molecule has 0 amide bonds. The molecule has 0 heterocycles. The van der Waals surface area contributed by atoms with Gasteiger partial charge in [-0.3, -0.25) is 0 Å². The monoisotopic (exact) mass is 591 g/mol. The zero-order valence-electron chi connectivity index (χ0n) is 28.6. The Morgan fingerprint density at radius 2 is 0.889 bits per heavy atom. The van der Waals surface area contributed by atoms with E-state index in [0.29, 0.717) is 0 Å². The molecule has 2 aliphatic carbocycles. The minimum absolute atomic E-state index is 0.0378. The fourth-order valence-electron chi connectivity index (χ4n) is 8.20. The summed E-state index contributed by atoms with van der Waals surface area (Å²) in [7, 11) is 0. The number of rotatable bonds is 4. The van der Waals surface area contributed by atoms with E-state index in [-0.39, 0.29) is 21.7 Å². The molecule has 0 fully saturated rings. The van der Waals surface area contributed by atoms with Crippen molar-refractivity contribution in [2.45, 2.75) is 103 Å². The lowest BCUT2D eigenvalue weighted by atomic mass is 9.60. The summed E-state index contributed by atoms with van der Waals surface area (Å²) in [6.07, 6.45) is 4.79. The van der Waals surface area contributed by atoms with E-state index in [1.54, 1.807) is 0 Å². The number of anilines is 3. The van der Waals surface area contributed by atoms with Crippen LogP contribution in [0.3, 0.4) is 0 Å². The van der Waals surface area contributed by atoms with E-state index in [9.17, 15) is 0 Å². The van der Waals surface area contributed by atoms with Crippen LogP contribution in [0.1, 0.15) is 103 Å². The maximum atomic E-state index is 2.60. The third-order valence-corrected chi connectivity index (χ3v) is 11.3. The van der Waals surface area contributed by atoms with Crippen molar-refractivity contribution in [3.63, 3.8) is 0 Å². The quantitative estimate of drug-likeness (QED) is 0.201. The summed E-state index contributed by atoms with van der Waals surface area (Å²) in [4.78, 5) is 2.58. The summed E-state index contributed by atoms with van der Waals surface area (Å²) in [5.74, 6) is 0. The third kappa shape index (κ3) is 5.00. The first-order valence-electron chi connectivity index (χ1n) is 17.0. The van der Waals surface area contributed by atoms with Gasteiger partial charge in [0.25, 0.3) is 0 Å². The molecule has 0 saturated carbocycles. The third-order valence-electron chi connectivity index (χ3n) is 11.3. The molecule has 0 radical (unpaired) electrons. The molecule has 1 nitrogen and oxygen atoms in total. The highest BCUT2D eigenvalue weighted by atomic mass is 15.1. The highest BCUT2D eigenvalue weighted by Gasteiger charge is 2.43. The standard InChI is InChI=1S/C44H49N/c1-41(2)23-24-42(3,4)37-29-35-32(27-36(37)41)28-38-39(44(7,8)26-25-43(38,5)6)40(35)45(33-17-13-10-14-18-33)34-21-19-31(20-22-34)30-15-11-9-12-16-30/h9-22,27-29H,23-26H2,1-8H3. The van der Waals surface area contributed by atoms with Crippen molar-refractivity contribution < 1.29 is 0 Å². The minimum Gasteiger partial charge on any atom is -0.310 e. The van der Waals surface area contributed by atoms with Crippen LogP contribution in [0.25, 0.3) is 21.9 Å². The molecule has 0 saturated heterocycles. The van der Waals surface area contributed by atoms with Gasteiger partial charge in [0, 0.05) is 16.8 Å². The molecular formula is C44H49N. The molecule has 45 heavy (non-hydrogen) atoms. The van der Waals surface area contributed by atoms with Crippen LogP contribution in [0.4, 0.5) is 17.1 Å². The van der Waals surface area contributed by atoms with Crippen LogP contribution in [-0.2, 0) is 21.7 Å². The van der Waals surface area contributed by atoms with E-state index in [1.807, 2.05) is 0 Å². The summed E-state index contributed by atoms with van der Waals surface area (Å²) in [5, 5.41) is 2.75. The molecule has 0 aliphatic heterocycles. The van der Waals surface area contributed by atoms with E-state index in [4.69, 9.17) is 0 Å². The van der Waals surface area contributed by atoms with Crippen molar-refractivity contribution in [1.29, 1.82) is 0 Å². The van der Waals surface area contributed by atoms with Gasteiger partial charge in [-0.05, 0) is 116 Å². The first kappa shape index (κ1) is 29.8. The second kappa shape index (κ2) is 10.3. The first-order chi connectivity index (χ1) is 21.3. The topological polar surface area (TPSA) is 3.24 Å². The average Bonchev–Trinajstić information content (AvgIpc) is 3.02. The molecule has 2 aliphatic rings. The van der Waals surface area contributed by atoms with Gasteiger partial charge in [-0.15, -0.1) is 0 Å². The Kier molecular flexibility index (Phi) is 6.86. The normalized spacial score (nSPS) is 19.0. The molecule has 0 bridgehead atoms. The summed E-state index contributed by atoms with van der Waals surface area (Å²) in [6, 6.07) is 38.8. The zero-order chi connectivity index (χ0) is 31.8. The van der Waals surface area contributed by atoms with E-state index < -0.39 is 0 Å². The van der Waals surface area contributed by atoms with E-state index in [2.05, 4.69) is 163 Å². The number of fused-ring (bicyclic) bond motifs is 3. The minimum atomic E-state index is 0.0378. The van der Waals surface area contributed by atoms with Crippen molar-refractivity contribution in [3.05, 3.63) is 125 Å². The first-order valence-corrected chi connectivity index (χ1v) is 17.0. The van der Waals surface area contributed by atoms with E-state index in [1.165, 1.54) is 86.9 Å². The van der Waals surface area contributed by atoms with Crippen LogP contribution in [0.2, 0.25) is 0 Å². The predicted octanol–water partition coefficient (Wildman–Crippen LogP) is 12.7. The van der Waals surface area contributed by atoms with Gasteiger partial charge in [-0.25, -0.2) is 0 Å². The fourth-order valence-corrected chi connectivity index (χ4v) is 8.20. The van der Waals surface area contributed by atoms with Crippen LogP contribution < -0.4 is 4.90 Å². The molecule has 230 valence electrons. The number of para-hydroxylation sites is 1. The van der Waals surface area contributed by atoms with Crippen molar-refractivity contribution in [1.82, 2.24) is 0 Å². The van der Waals surface area contributed by atoms with Crippen molar-refractivity contribution in [2.75, 3.05) is 4.90 Å². The summed E-state index contributed by atoms with van der Waals surface area (Å²) < 4.78 is 0. The smallest absolute Gasteiger partial charge is 0.0580 e. The van der Waals surface area contributed by atoms with Crippen molar-refractivity contribution in [2.24, 2.45) is 0 Å². The molecule has 7 rings (SSSR count). The Balaban J connectivity index is 1.59. The molecule has 0 N–H and O–H groups in total. The van der Waals surface area contributed by atoms with Gasteiger partial charge in [-0.1, -0.05) is 128 Å². The Morgan fingerprint density at radius 3 is 1.49 bits per heavy atom. The van der Waals surface area contributed by atoms with Crippen molar-refractivity contribution >= 4 is 27.8 Å². The van der Waals surface area contributed by atoms with Gasteiger partial charge in [0.15, 0.2) is 0 Å². The molecule has 5 aromatic rings. The van der Waals surface area contributed by atoms with Crippen LogP contribution in [-0.4, -0.2) is 0 Å². The molecule has 0 atom stereocenters. The fraction of sp³-hybridized carbons (Fsp3) is 0.364. The highest BCUT2D eigenvalue weighted by molar-refractivity contribution is 6.03. The molecule has 0 spiro atoms. The van der Waals surface area contributed by atoms with E-state index in [0.717, 1.165) is 0 Å². The van der Waals surface area contributed by atoms with Gasteiger partial charge in [0.05, 0.1) is 5.69 Å². The Labute approximate surface area is 271 Å². The van der Waals surface area contributed by atoms with Gasteiger partial charge < -0.3 is 4.90 Å². The second-order valence-electron chi connectivity index (χ2n) is 16.4. The number of hydrogen-bond donors (Lipinski definition) is 0. The summed E-state index contributed by atoms with van der Waals surface area (Å²) >= 11 is 0. The molecule has 0 aromatic heterocycles. The predicted molar refractivity (Wildman–Crippen MR) is 195 cm³/mol. The number of nitrogens with zero attached hydrogens (tertiary/aromatic N) is 1. The van der Waals surface area contributed by atoms with Gasteiger partial charge >= 0.3 is 0 Å². The summed E-state index contributed by atoms with van der Waals surface area (Å²) in [5.41, 5.74) is 12.8. The Bertz CT molecular complexity index is 1870. The maximum Gasteiger partial charge on any atom is 0.0580 e. The largest absolute Gasteiger partial charge is 0.310 e. The number of benzene rings is 5. The lowest BCUT2D eigenvalue weighted by Gasteiger charge is -2.46. The van der Waals surface area contributed by atoms with Gasteiger partial charge in [-0.2, -0.15) is 0 Å². The van der Waals surface area contributed by atoms with Crippen LogP contribution in [0.5, 0.6) is 0 Å². The second-order valence-corrected chi connectivity index (χ2v) is 16.4. The summed E-state index contributed by atoms with van der Waals surface area (Å²) in [6.45, 7) is 19.7. The molecule has 1 heteroatoms. The van der Waals surface area contributed by atoms with Gasteiger partial charge in [0.1, 0.15) is 0 Å². The van der Waals surface area contributed by atoms with Crippen LogP contribution in [0, 0.1) is 0 Å². The average molecular weight is 592 g/mol. The number of hydrogen-bond acceptors (Lipinski definition) is 1. The molecule has 5 aromatic carbocycles. The lowest BCUT2D eigenvalue weighted by Crippen LogP contribution is -2.36. The Hall–Kier alpha value is -3.84. The SMILES string of the molecule is CC1(C)CCC(C)(C)c2cc3c(N(c4ccccc4)c4ccc(-c5ccccc5)cc4)c4c(cc3cc21)C(C)(C)CCC4(C)C. The van der Waals surface area contributed by atoms with Crippen molar-refractivity contribution in [3.8, 4) is 11.1 Å². The maximum absolute atomic E-state index is 2.60.